The summed E-state index contributed by atoms with van der Waals surface area (Å²) < 4.78 is 1.64. The number of fused-ring (bicyclic) bond motifs is 2. The van der Waals surface area contributed by atoms with Crippen LogP contribution >= 0.6 is 0 Å². The molecule has 2 aliphatic rings. The Hall–Kier alpha value is -2.15. The Morgan fingerprint density at radius 1 is 1.25 bits per heavy atom. The zero-order valence-electron chi connectivity index (χ0n) is 14.3. The minimum Gasteiger partial charge on any atom is -0.342 e. The highest BCUT2D eigenvalue weighted by Gasteiger charge is 2.38. The molecule has 1 amide bonds. The fourth-order valence-electron chi connectivity index (χ4n) is 4.23. The van der Waals surface area contributed by atoms with E-state index < -0.39 is 0 Å². The summed E-state index contributed by atoms with van der Waals surface area (Å²) in [7, 11) is 1.78. The van der Waals surface area contributed by atoms with Crippen molar-refractivity contribution in [1.82, 2.24) is 25.0 Å². The average Bonchev–Trinajstić information content (AvgIpc) is 3.17. The van der Waals surface area contributed by atoms with Crippen LogP contribution in [0.2, 0.25) is 0 Å². The second-order valence-electron chi connectivity index (χ2n) is 7.15. The molecule has 2 fully saturated rings. The minimum absolute atomic E-state index is 0.143. The third kappa shape index (κ3) is 2.26. The Labute approximate surface area is 140 Å². The standard InChI is InChI=1S/C17H23N5O2/c1-9-13(10(2)19-16-15(9)17(24)20-21(16)3)4-14(23)22-7-11-5-18-6-12(11)8-22/h11-12,18H,4-8H2,1-3H3,(H,20,24)/t11-,12+. The predicted octanol–water partition coefficient (Wildman–Crippen LogP) is 0.0987. The lowest BCUT2D eigenvalue weighted by Crippen LogP contribution is -2.33. The number of aromatic amines is 1. The zero-order chi connectivity index (χ0) is 17.0. The Morgan fingerprint density at radius 2 is 1.92 bits per heavy atom. The van der Waals surface area contributed by atoms with Gasteiger partial charge in [-0.05, 0) is 36.8 Å². The normalized spacial score (nSPS) is 23.2. The fourth-order valence-corrected chi connectivity index (χ4v) is 4.23. The monoisotopic (exact) mass is 329 g/mol. The van der Waals surface area contributed by atoms with Crippen molar-refractivity contribution in [2.45, 2.75) is 20.3 Å². The molecule has 0 aliphatic carbocycles. The van der Waals surface area contributed by atoms with Crippen LogP contribution < -0.4 is 10.9 Å². The zero-order valence-corrected chi connectivity index (χ0v) is 14.3. The molecule has 2 aliphatic heterocycles. The Morgan fingerprint density at radius 3 is 2.58 bits per heavy atom. The van der Waals surface area contributed by atoms with Gasteiger partial charge in [-0.3, -0.25) is 19.4 Å². The second kappa shape index (κ2) is 5.44. The third-order valence-corrected chi connectivity index (χ3v) is 5.65. The Kier molecular flexibility index (Phi) is 3.49. The molecule has 0 spiro atoms. The van der Waals surface area contributed by atoms with E-state index in [1.807, 2.05) is 18.7 Å². The van der Waals surface area contributed by atoms with E-state index in [0.29, 0.717) is 29.3 Å². The highest BCUT2D eigenvalue weighted by molar-refractivity contribution is 5.84. The molecule has 0 radical (unpaired) electrons. The number of aryl methyl sites for hydroxylation is 3. The van der Waals surface area contributed by atoms with Gasteiger partial charge in [0.1, 0.15) is 0 Å². The van der Waals surface area contributed by atoms with Crippen molar-refractivity contribution in [3.05, 3.63) is 27.2 Å². The molecule has 2 saturated heterocycles. The van der Waals surface area contributed by atoms with Gasteiger partial charge >= 0.3 is 0 Å². The van der Waals surface area contributed by atoms with Crippen molar-refractivity contribution in [3.8, 4) is 0 Å². The van der Waals surface area contributed by atoms with Gasteiger partial charge in [-0.2, -0.15) is 0 Å². The Balaban J connectivity index is 1.64. The number of amides is 1. The molecule has 2 aromatic rings. The third-order valence-electron chi connectivity index (χ3n) is 5.65. The summed E-state index contributed by atoms with van der Waals surface area (Å²) in [4.78, 5) is 31.4. The van der Waals surface area contributed by atoms with Gasteiger partial charge in [0.25, 0.3) is 5.56 Å². The van der Waals surface area contributed by atoms with Crippen molar-refractivity contribution < 1.29 is 4.79 Å². The fraction of sp³-hybridized carbons (Fsp3) is 0.588. The average molecular weight is 329 g/mol. The first-order valence-corrected chi connectivity index (χ1v) is 8.49. The molecule has 7 heteroatoms. The van der Waals surface area contributed by atoms with Crippen LogP contribution in [-0.4, -0.2) is 51.8 Å². The molecule has 0 bridgehead atoms. The van der Waals surface area contributed by atoms with Gasteiger partial charge in [0, 0.05) is 38.9 Å². The van der Waals surface area contributed by atoms with E-state index in [2.05, 4.69) is 15.4 Å². The second-order valence-corrected chi connectivity index (χ2v) is 7.15. The van der Waals surface area contributed by atoms with Gasteiger partial charge in [0.15, 0.2) is 5.65 Å². The number of carbonyl (C=O) groups excluding carboxylic acids is 1. The SMILES string of the molecule is Cc1nc2c(c(C)c1CC(=O)N1C[C@H]3CNC[C@H]3C1)c(=O)[nH]n2C. The van der Waals surface area contributed by atoms with Crippen LogP contribution in [0.5, 0.6) is 0 Å². The number of nitrogens with zero attached hydrogens (tertiary/aromatic N) is 3. The molecule has 4 rings (SSSR count). The van der Waals surface area contributed by atoms with E-state index >= 15 is 0 Å². The molecule has 2 atom stereocenters. The first-order valence-electron chi connectivity index (χ1n) is 8.49. The van der Waals surface area contributed by atoms with E-state index in [4.69, 9.17) is 0 Å². The lowest BCUT2D eigenvalue weighted by atomic mass is 10.0. The first kappa shape index (κ1) is 15.4. The molecule has 4 heterocycles. The summed E-state index contributed by atoms with van der Waals surface area (Å²) in [5.74, 6) is 1.33. The van der Waals surface area contributed by atoms with Gasteiger partial charge in [-0.1, -0.05) is 0 Å². The van der Waals surface area contributed by atoms with Crippen molar-refractivity contribution in [3.63, 3.8) is 0 Å². The van der Waals surface area contributed by atoms with Crippen molar-refractivity contribution in [1.29, 1.82) is 0 Å². The molecule has 0 aromatic carbocycles. The highest BCUT2D eigenvalue weighted by Crippen LogP contribution is 2.27. The van der Waals surface area contributed by atoms with Crippen LogP contribution in [0.15, 0.2) is 4.79 Å². The smallest absolute Gasteiger partial charge is 0.273 e. The maximum absolute atomic E-state index is 12.8. The lowest BCUT2D eigenvalue weighted by molar-refractivity contribution is -0.129. The quantitative estimate of drug-likeness (QED) is 0.818. The topological polar surface area (TPSA) is 83.0 Å². The van der Waals surface area contributed by atoms with E-state index in [1.54, 1.807) is 11.7 Å². The maximum atomic E-state index is 12.8. The summed E-state index contributed by atoms with van der Waals surface area (Å²) in [5, 5.41) is 6.73. The summed E-state index contributed by atoms with van der Waals surface area (Å²) in [6.45, 7) is 7.54. The van der Waals surface area contributed by atoms with E-state index in [0.717, 1.165) is 43.0 Å². The molecule has 0 saturated carbocycles. The van der Waals surface area contributed by atoms with Crippen LogP contribution in [0.4, 0.5) is 0 Å². The number of H-pyrrole nitrogens is 1. The number of hydrogen-bond donors (Lipinski definition) is 2. The summed E-state index contributed by atoms with van der Waals surface area (Å²) in [6, 6.07) is 0. The molecule has 7 nitrogen and oxygen atoms in total. The van der Waals surface area contributed by atoms with Crippen LogP contribution in [0, 0.1) is 25.7 Å². The number of rotatable bonds is 2. The molecular weight excluding hydrogens is 306 g/mol. The van der Waals surface area contributed by atoms with Gasteiger partial charge in [-0.15, -0.1) is 0 Å². The Bertz CT molecular complexity index is 869. The number of likely N-dealkylation sites (tertiary alicyclic amines) is 1. The van der Waals surface area contributed by atoms with Crippen LogP contribution in [0.3, 0.4) is 0 Å². The summed E-state index contributed by atoms with van der Waals surface area (Å²) >= 11 is 0. The lowest BCUT2D eigenvalue weighted by Gasteiger charge is -2.19. The largest absolute Gasteiger partial charge is 0.342 e. The van der Waals surface area contributed by atoms with Crippen LogP contribution in [-0.2, 0) is 18.3 Å². The van der Waals surface area contributed by atoms with E-state index in [9.17, 15) is 9.59 Å². The molecule has 2 N–H and O–H groups in total. The number of aromatic nitrogens is 3. The summed E-state index contributed by atoms with van der Waals surface area (Å²) in [5.41, 5.74) is 3.08. The highest BCUT2D eigenvalue weighted by atomic mass is 16.2. The maximum Gasteiger partial charge on any atom is 0.273 e. The number of carbonyl (C=O) groups is 1. The van der Waals surface area contributed by atoms with Crippen molar-refractivity contribution in [2.24, 2.45) is 18.9 Å². The molecule has 0 unspecified atom stereocenters. The number of hydrogen-bond acceptors (Lipinski definition) is 4. The van der Waals surface area contributed by atoms with Crippen molar-refractivity contribution >= 4 is 16.9 Å². The minimum atomic E-state index is -0.145. The number of nitrogens with one attached hydrogen (secondary N) is 2. The van der Waals surface area contributed by atoms with Gasteiger partial charge in [0.05, 0.1) is 11.8 Å². The molecule has 2 aromatic heterocycles. The van der Waals surface area contributed by atoms with E-state index in [-0.39, 0.29) is 11.5 Å². The van der Waals surface area contributed by atoms with E-state index in [1.165, 1.54) is 0 Å². The first-order chi connectivity index (χ1) is 11.5. The van der Waals surface area contributed by atoms with Crippen molar-refractivity contribution in [2.75, 3.05) is 26.2 Å². The van der Waals surface area contributed by atoms with Gasteiger partial charge < -0.3 is 10.2 Å². The number of pyridine rings is 1. The molecule has 24 heavy (non-hydrogen) atoms. The predicted molar refractivity (Wildman–Crippen MR) is 90.9 cm³/mol. The summed E-state index contributed by atoms with van der Waals surface area (Å²) in [6.07, 6.45) is 0.321. The van der Waals surface area contributed by atoms with Gasteiger partial charge in [0.2, 0.25) is 5.91 Å². The van der Waals surface area contributed by atoms with Crippen LogP contribution in [0.1, 0.15) is 16.8 Å². The molecular formula is C17H23N5O2. The van der Waals surface area contributed by atoms with Gasteiger partial charge in [-0.25, -0.2) is 4.98 Å². The van der Waals surface area contributed by atoms with Crippen LogP contribution in [0.25, 0.3) is 11.0 Å². The molecule has 128 valence electrons.